The third-order valence-electron chi connectivity index (χ3n) is 3.96. The van der Waals surface area contributed by atoms with Gasteiger partial charge in [-0.25, -0.2) is 4.79 Å². The van der Waals surface area contributed by atoms with Crippen molar-refractivity contribution in [2.45, 2.75) is 46.2 Å². The first-order valence-electron chi connectivity index (χ1n) is 8.13. The second-order valence-corrected chi connectivity index (χ2v) is 10.2. The van der Waals surface area contributed by atoms with Gasteiger partial charge < -0.3 is 21.7 Å². The van der Waals surface area contributed by atoms with Crippen LogP contribution in [0.4, 0.5) is 0 Å². The molecule has 0 saturated carbocycles. The average Bonchev–Trinajstić information content (AvgIpc) is 2.47. The van der Waals surface area contributed by atoms with Gasteiger partial charge in [0, 0.05) is 7.26 Å². The summed E-state index contributed by atoms with van der Waals surface area (Å²) in [5.74, 6) is -0.234. The fraction of sp³-hybridized carbons (Fsp3) is 0.611. The number of ether oxygens (including phenoxy) is 1. The molecule has 0 atom stereocenters. The van der Waals surface area contributed by atoms with E-state index in [1.807, 2.05) is 18.2 Å². The lowest BCUT2D eigenvalue weighted by atomic mass is 10.1. The van der Waals surface area contributed by atoms with Gasteiger partial charge in [0.25, 0.3) is 0 Å². The average molecular weight is 389 g/mol. The molecule has 22 heavy (non-hydrogen) atoms. The summed E-state index contributed by atoms with van der Waals surface area (Å²) in [6.45, 7) is 6.89. The van der Waals surface area contributed by atoms with Crippen molar-refractivity contribution in [1.82, 2.24) is 0 Å². The van der Waals surface area contributed by atoms with Crippen molar-refractivity contribution in [2.24, 2.45) is 0 Å². The zero-order chi connectivity index (χ0) is 15.7. The third-order valence-corrected chi connectivity index (χ3v) is 9.18. The van der Waals surface area contributed by atoms with Gasteiger partial charge >= 0.3 is 5.97 Å². The number of hydrogen-bond donors (Lipinski definition) is 0. The van der Waals surface area contributed by atoms with Gasteiger partial charge in [-0.05, 0) is 37.0 Å². The highest BCUT2D eigenvalue weighted by molar-refractivity contribution is 7.75. The number of halogens is 1. The van der Waals surface area contributed by atoms with Crippen LogP contribution in [0.15, 0.2) is 24.3 Å². The van der Waals surface area contributed by atoms with E-state index in [1.165, 1.54) is 56.6 Å². The molecular weight excluding hydrogens is 359 g/mol. The maximum atomic E-state index is 11.7. The summed E-state index contributed by atoms with van der Waals surface area (Å²) in [5, 5.41) is 0. The summed E-state index contributed by atoms with van der Waals surface area (Å²) in [6, 6.07) is 8.03. The zero-order valence-electron chi connectivity index (χ0n) is 14.4. The molecule has 0 N–H and O–H groups in total. The monoisotopic (exact) mass is 388 g/mol. The van der Waals surface area contributed by atoms with Gasteiger partial charge in [0.05, 0.1) is 37.3 Å². The van der Waals surface area contributed by atoms with Crippen molar-refractivity contribution in [1.29, 1.82) is 0 Å². The number of rotatable bonds is 9. The highest BCUT2D eigenvalue weighted by Gasteiger charge is 2.34. The van der Waals surface area contributed by atoms with Gasteiger partial charge in [0.15, 0.2) is 0 Å². The molecule has 1 aromatic carbocycles. The Hall–Kier alpha value is -0.400. The molecular formula is C18H30BrO2P. The van der Waals surface area contributed by atoms with Gasteiger partial charge in [0.1, 0.15) is 0 Å². The molecule has 0 aromatic heterocycles. The van der Waals surface area contributed by atoms with Crippen molar-refractivity contribution < 1.29 is 26.5 Å². The molecule has 0 aliphatic carbocycles. The molecule has 4 heteroatoms. The highest BCUT2D eigenvalue weighted by Crippen LogP contribution is 2.62. The molecule has 0 saturated heterocycles. The SMILES string of the molecule is CCC[P+](CCC)(CCC)Cc1cccc(C(=O)OC)c1.[Br-]. The third kappa shape index (κ3) is 6.38. The number of carbonyl (C=O) groups is 1. The second-order valence-electron chi connectivity index (χ2n) is 5.86. The van der Waals surface area contributed by atoms with Crippen molar-refractivity contribution in [3.05, 3.63) is 35.4 Å². The Morgan fingerprint density at radius 3 is 2.05 bits per heavy atom. The number of methoxy groups -OCH3 is 1. The maximum Gasteiger partial charge on any atom is 0.337 e. The Morgan fingerprint density at radius 1 is 1.05 bits per heavy atom. The summed E-state index contributed by atoms with van der Waals surface area (Å²) >= 11 is 0. The quantitative estimate of drug-likeness (QED) is 0.478. The smallest absolute Gasteiger partial charge is 0.337 e. The lowest BCUT2D eigenvalue weighted by Gasteiger charge is -2.27. The summed E-state index contributed by atoms with van der Waals surface area (Å²) < 4.78 is 4.83. The summed E-state index contributed by atoms with van der Waals surface area (Å²) in [7, 11) is 0.513. The molecule has 1 aromatic rings. The Balaban J connectivity index is 0.00000441. The molecule has 0 amide bonds. The molecule has 0 unspecified atom stereocenters. The van der Waals surface area contributed by atoms with E-state index in [9.17, 15) is 4.79 Å². The van der Waals surface area contributed by atoms with E-state index in [-0.39, 0.29) is 23.0 Å². The van der Waals surface area contributed by atoms with Gasteiger partial charge in [0.2, 0.25) is 0 Å². The van der Waals surface area contributed by atoms with Gasteiger partial charge in [-0.2, -0.15) is 0 Å². The minimum absolute atomic E-state index is 0. The molecule has 0 spiro atoms. The molecule has 0 bridgehead atoms. The van der Waals surface area contributed by atoms with Gasteiger partial charge in [-0.1, -0.05) is 32.9 Å². The summed E-state index contributed by atoms with van der Waals surface area (Å²) in [4.78, 5) is 11.7. The maximum absolute atomic E-state index is 11.7. The van der Waals surface area contributed by atoms with Crippen LogP contribution < -0.4 is 17.0 Å². The first kappa shape index (κ1) is 21.6. The number of esters is 1. The molecule has 0 heterocycles. The summed E-state index contributed by atoms with van der Waals surface area (Å²) in [6.07, 6.45) is 9.10. The molecule has 0 fully saturated rings. The Morgan fingerprint density at radius 2 is 1.59 bits per heavy atom. The normalized spacial score (nSPS) is 10.9. The molecule has 0 aliphatic rings. The van der Waals surface area contributed by atoms with Crippen LogP contribution in [0.3, 0.4) is 0 Å². The molecule has 0 radical (unpaired) electrons. The van der Waals surface area contributed by atoms with Crippen molar-refractivity contribution in [3.63, 3.8) is 0 Å². The van der Waals surface area contributed by atoms with Crippen LogP contribution in [0.5, 0.6) is 0 Å². The standard InChI is InChI=1S/C18H30O2P.BrH/c1-5-11-21(12-6-2,13-7-3)15-16-9-8-10-17(14-16)18(19)20-4;/h8-10,14H,5-7,11-13,15H2,1-4H3;1H/q+1;/p-1. The van der Waals surface area contributed by atoms with Crippen LogP contribution in [-0.4, -0.2) is 31.6 Å². The van der Waals surface area contributed by atoms with Crippen LogP contribution in [0.1, 0.15) is 56.0 Å². The van der Waals surface area contributed by atoms with Crippen LogP contribution in [0, 0.1) is 0 Å². The van der Waals surface area contributed by atoms with Crippen molar-refractivity contribution in [3.8, 4) is 0 Å². The minimum atomic E-state index is -0.929. The van der Waals surface area contributed by atoms with Crippen LogP contribution in [0.2, 0.25) is 0 Å². The fourth-order valence-electron chi connectivity index (χ4n) is 3.30. The first-order valence-corrected chi connectivity index (χ1v) is 10.7. The minimum Gasteiger partial charge on any atom is -1.00 e. The zero-order valence-corrected chi connectivity index (χ0v) is 16.9. The van der Waals surface area contributed by atoms with Crippen molar-refractivity contribution in [2.75, 3.05) is 25.6 Å². The van der Waals surface area contributed by atoms with E-state index in [1.54, 1.807) is 0 Å². The van der Waals surface area contributed by atoms with Crippen LogP contribution >= 0.6 is 7.26 Å². The van der Waals surface area contributed by atoms with E-state index in [0.29, 0.717) is 5.56 Å². The molecule has 0 aliphatic heterocycles. The highest BCUT2D eigenvalue weighted by atomic mass is 79.9. The molecule has 1 rings (SSSR count). The van der Waals surface area contributed by atoms with E-state index >= 15 is 0 Å². The summed E-state index contributed by atoms with van der Waals surface area (Å²) in [5.41, 5.74) is 1.99. The lowest BCUT2D eigenvalue weighted by Crippen LogP contribution is -3.00. The van der Waals surface area contributed by atoms with Crippen molar-refractivity contribution >= 4 is 13.2 Å². The van der Waals surface area contributed by atoms with Crippen LogP contribution in [0.25, 0.3) is 0 Å². The van der Waals surface area contributed by atoms with Gasteiger partial charge in [-0.15, -0.1) is 0 Å². The van der Waals surface area contributed by atoms with Gasteiger partial charge in [-0.3, -0.25) is 0 Å². The predicted octanol–water partition coefficient (Wildman–Crippen LogP) is 2.22. The second kappa shape index (κ2) is 11.2. The van der Waals surface area contributed by atoms with E-state index < -0.39 is 7.26 Å². The van der Waals surface area contributed by atoms with Crippen LogP contribution in [-0.2, 0) is 10.9 Å². The molecule has 126 valence electrons. The fourth-order valence-corrected chi connectivity index (χ4v) is 8.26. The molecule has 2 nitrogen and oxygen atoms in total. The number of hydrogen-bond acceptors (Lipinski definition) is 2. The predicted molar refractivity (Wildman–Crippen MR) is 93.9 cm³/mol. The van der Waals surface area contributed by atoms with E-state index in [0.717, 1.165) is 0 Å². The topological polar surface area (TPSA) is 26.3 Å². The van der Waals surface area contributed by atoms with E-state index in [4.69, 9.17) is 4.74 Å². The Kier molecular flexibility index (Phi) is 11.0. The Bertz CT molecular complexity index is 431. The Labute approximate surface area is 147 Å². The van der Waals surface area contributed by atoms with E-state index in [2.05, 4.69) is 26.8 Å². The lowest BCUT2D eigenvalue weighted by molar-refractivity contribution is -0.0000193. The number of carbonyl (C=O) groups excluding carboxylic acids is 1. The first-order chi connectivity index (χ1) is 10.1. The largest absolute Gasteiger partial charge is 1.00 e. The number of benzene rings is 1.